The summed E-state index contributed by atoms with van der Waals surface area (Å²) in [6.07, 6.45) is 0. The number of nitrogens with one attached hydrogen (secondary N) is 1. The van der Waals surface area contributed by atoms with Crippen LogP contribution >= 0.6 is 11.8 Å². The topological polar surface area (TPSA) is 12.0 Å². The molecule has 1 nitrogen and oxygen atoms in total. The van der Waals surface area contributed by atoms with E-state index in [9.17, 15) is 0 Å². The van der Waals surface area contributed by atoms with E-state index in [1.54, 1.807) is 0 Å². The van der Waals surface area contributed by atoms with Gasteiger partial charge in [0.1, 0.15) is 0 Å². The molecule has 0 fully saturated rings. The average Bonchev–Trinajstić information content (AvgIpc) is 2.46. The largest absolute Gasteiger partial charge is 0.312 e. The SMILES string of the molecule is CNC(CSc1cc(C)ccc1C)c1cc(C)ccc1C. The average molecular weight is 299 g/mol. The highest BCUT2D eigenvalue weighted by molar-refractivity contribution is 7.99. The summed E-state index contributed by atoms with van der Waals surface area (Å²) in [5, 5.41) is 3.47. The third-order valence-corrected chi connectivity index (χ3v) is 5.16. The number of hydrogen-bond donors (Lipinski definition) is 1. The zero-order valence-corrected chi connectivity index (χ0v) is 14.5. The van der Waals surface area contributed by atoms with Gasteiger partial charge >= 0.3 is 0 Å². The molecule has 0 radical (unpaired) electrons. The maximum Gasteiger partial charge on any atom is 0.0415 e. The normalized spacial score (nSPS) is 12.4. The van der Waals surface area contributed by atoms with Gasteiger partial charge in [0.25, 0.3) is 0 Å². The second-order valence-electron chi connectivity index (χ2n) is 5.78. The van der Waals surface area contributed by atoms with Crippen LogP contribution in [0.2, 0.25) is 0 Å². The van der Waals surface area contributed by atoms with Gasteiger partial charge in [-0.2, -0.15) is 0 Å². The minimum atomic E-state index is 0.384. The minimum absolute atomic E-state index is 0.384. The van der Waals surface area contributed by atoms with Crippen LogP contribution in [0.3, 0.4) is 0 Å². The molecule has 0 bridgehead atoms. The van der Waals surface area contributed by atoms with Crippen molar-refractivity contribution in [3.63, 3.8) is 0 Å². The Morgan fingerprint density at radius 1 is 0.905 bits per heavy atom. The van der Waals surface area contributed by atoms with Crippen LogP contribution in [0.15, 0.2) is 41.3 Å². The van der Waals surface area contributed by atoms with E-state index in [0.717, 1.165) is 5.75 Å². The zero-order valence-electron chi connectivity index (χ0n) is 13.7. The molecule has 112 valence electrons. The predicted octanol–water partition coefficient (Wildman–Crippen LogP) is 4.97. The third kappa shape index (κ3) is 4.12. The number of hydrogen-bond acceptors (Lipinski definition) is 2. The Morgan fingerprint density at radius 2 is 1.52 bits per heavy atom. The number of rotatable bonds is 5. The van der Waals surface area contributed by atoms with Crippen LogP contribution < -0.4 is 5.32 Å². The third-order valence-electron chi connectivity index (χ3n) is 3.91. The Bertz CT molecular complexity index is 619. The highest BCUT2D eigenvalue weighted by Crippen LogP contribution is 2.29. The van der Waals surface area contributed by atoms with Crippen LogP contribution in [0.5, 0.6) is 0 Å². The monoisotopic (exact) mass is 299 g/mol. The molecule has 0 amide bonds. The quantitative estimate of drug-likeness (QED) is 0.782. The first-order valence-corrected chi connectivity index (χ1v) is 8.44. The molecule has 0 spiro atoms. The number of benzene rings is 2. The molecule has 2 heteroatoms. The van der Waals surface area contributed by atoms with E-state index in [-0.39, 0.29) is 0 Å². The van der Waals surface area contributed by atoms with Gasteiger partial charge < -0.3 is 5.32 Å². The summed E-state index contributed by atoms with van der Waals surface area (Å²) in [6, 6.07) is 13.8. The van der Waals surface area contributed by atoms with Crippen molar-refractivity contribution in [3.8, 4) is 0 Å². The second-order valence-corrected chi connectivity index (χ2v) is 6.84. The van der Waals surface area contributed by atoms with Crippen molar-refractivity contribution < 1.29 is 0 Å². The highest BCUT2D eigenvalue weighted by atomic mass is 32.2. The Labute approximate surface area is 133 Å². The fourth-order valence-electron chi connectivity index (χ4n) is 2.50. The van der Waals surface area contributed by atoms with Crippen LogP contribution in [0.4, 0.5) is 0 Å². The molecule has 1 unspecified atom stereocenters. The fraction of sp³-hybridized carbons (Fsp3) is 0.368. The maximum atomic E-state index is 3.47. The first-order chi connectivity index (χ1) is 10.0. The summed E-state index contributed by atoms with van der Waals surface area (Å²) >= 11 is 1.94. The smallest absolute Gasteiger partial charge is 0.0415 e. The number of thioether (sulfide) groups is 1. The zero-order chi connectivity index (χ0) is 15.4. The lowest BCUT2D eigenvalue weighted by Crippen LogP contribution is -2.20. The molecule has 0 aliphatic carbocycles. The fourth-order valence-corrected chi connectivity index (χ4v) is 3.76. The molecule has 0 aliphatic heterocycles. The van der Waals surface area contributed by atoms with Gasteiger partial charge in [-0.1, -0.05) is 41.5 Å². The summed E-state index contributed by atoms with van der Waals surface area (Å²) in [7, 11) is 2.05. The Morgan fingerprint density at radius 3 is 2.19 bits per heavy atom. The Kier molecular flexibility index (Phi) is 5.49. The molecule has 0 saturated carbocycles. The van der Waals surface area contributed by atoms with Crippen molar-refractivity contribution in [2.45, 2.75) is 38.6 Å². The van der Waals surface area contributed by atoms with Crippen molar-refractivity contribution in [2.75, 3.05) is 12.8 Å². The van der Waals surface area contributed by atoms with Gasteiger partial charge in [0.05, 0.1) is 0 Å². The van der Waals surface area contributed by atoms with E-state index in [2.05, 4.69) is 76.5 Å². The van der Waals surface area contributed by atoms with Gasteiger partial charge in [-0.3, -0.25) is 0 Å². The van der Waals surface area contributed by atoms with Crippen LogP contribution in [0.1, 0.15) is 33.9 Å². The van der Waals surface area contributed by atoms with Crippen LogP contribution in [-0.4, -0.2) is 12.8 Å². The summed E-state index contributed by atoms with van der Waals surface area (Å²) in [5.74, 6) is 1.05. The molecular formula is C19H25NS. The first-order valence-electron chi connectivity index (χ1n) is 7.45. The molecule has 21 heavy (non-hydrogen) atoms. The van der Waals surface area contributed by atoms with Gasteiger partial charge in [-0.25, -0.2) is 0 Å². The predicted molar refractivity (Wildman–Crippen MR) is 94.4 cm³/mol. The van der Waals surface area contributed by atoms with Crippen LogP contribution in [0, 0.1) is 27.7 Å². The van der Waals surface area contributed by atoms with Crippen molar-refractivity contribution in [2.24, 2.45) is 0 Å². The van der Waals surface area contributed by atoms with E-state index in [4.69, 9.17) is 0 Å². The Balaban J connectivity index is 2.16. The molecule has 2 aromatic carbocycles. The van der Waals surface area contributed by atoms with Gasteiger partial charge in [0.2, 0.25) is 0 Å². The highest BCUT2D eigenvalue weighted by Gasteiger charge is 2.13. The van der Waals surface area contributed by atoms with E-state index >= 15 is 0 Å². The lowest BCUT2D eigenvalue weighted by molar-refractivity contribution is 0.657. The lowest BCUT2D eigenvalue weighted by atomic mass is 10.0. The standard InChI is InChI=1S/C19H25NS/c1-13-6-8-15(3)17(10-13)18(20-5)12-21-19-11-14(2)7-9-16(19)4/h6-11,18,20H,12H2,1-5H3. The van der Waals surface area contributed by atoms with Gasteiger partial charge in [0, 0.05) is 16.7 Å². The summed E-state index contributed by atoms with van der Waals surface area (Å²) in [5.41, 5.74) is 6.79. The summed E-state index contributed by atoms with van der Waals surface area (Å²) < 4.78 is 0. The van der Waals surface area contributed by atoms with Gasteiger partial charge in [-0.15, -0.1) is 11.8 Å². The van der Waals surface area contributed by atoms with Crippen molar-refractivity contribution >= 4 is 11.8 Å². The molecule has 1 atom stereocenters. The molecule has 2 rings (SSSR count). The second kappa shape index (κ2) is 7.15. The van der Waals surface area contributed by atoms with E-state index < -0.39 is 0 Å². The minimum Gasteiger partial charge on any atom is -0.312 e. The molecule has 0 heterocycles. The van der Waals surface area contributed by atoms with E-state index in [0.29, 0.717) is 6.04 Å². The van der Waals surface area contributed by atoms with Gasteiger partial charge in [-0.05, 0) is 57.5 Å². The summed E-state index contributed by atoms with van der Waals surface area (Å²) in [4.78, 5) is 1.39. The molecule has 0 saturated heterocycles. The van der Waals surface area contributed by atoms with Crippen molar-refractivity contribution in [3.05, 3.63) is 64.2 Å². The maximum absolute atomic E-state index is 3.47. The number of aryl methyl sites for hydroxylation is 4. The van der Waals surface area contributed by atoms with Crippen molar-refractivity contribution in [1.82, 2.24) is 5.32 Å². The van der Waals surface area contributed by atoms with Crippen molar-refractivity contribution in [1.29, 1.82) is 0 Å². The molecule has 0 aromatic heterocycles. The Hall–Kier alpha value is -1.25. The lowest BCUT2D eigenvalue weighted by Gasteiger charge is -2.20. The van der Waals surface area contributed by atoms with E-state index in [1.165, 1.54) is 32.7 Å². The first kappa shape index (κ1) is 16.1. The molecule has 2 aromatic rings. The van der Waals surface area contributed by atoms with Crippen LogP contribution in [-0.2, 0) is 0 Å². The molecule has 1 N–H and O–H groups in total. The molecular weight excluding hydrogens is 274 g/mol. The van der Waals surface area contributed by atoms with Crippen LogP contribution in [0.25, 0.3) is 0 Å². The van der Waals surface area contributed by atoms with Gasteiger partial charge in [0.15, 0.2) is 0 Å². The van der Waals surface area contributed by atoms with E-state index in [1.807, 2.05) is 11.8 Å². The molecule has 0 aliphatic rings. The summed E-state index contributed by atoms with van der Waals surface area (Å²) in [6.45, 7) is 8.70.